The van der Waals surface area contributed by atoms with E-state index in [9.17, 15) is 0 Å². The van der Waals surface area contributed by atoms with E-state index in [2.05, 4.69) is 39.5 Å². The highest BCUT2D eigenvalue weighted by Crippen LogP contribution is 2.20. The van der Waals surface area contributed by atoms with Crippen molar-refractivity contribution in [2.24, 2.45) is 0 Å². The second-order valence-electron chi connectivity index (χ2n) is 6.00. The fourth-order valence-electron chi connectivity index (χ4n) is 3.00. The summed E-state index contributed by atoms with van der Waals surface area (Å²) in [5, 5.41) is 3.31. The number of para-hydroxylation sites is 2. The summed E-state index contributed by atoms with van der Waals surface area (Å²) >= 11 is 0. The molecular weight excluding hydrogens is 302 g/mol. The quantitative estimate of drug-likeness (QED) is 0.781. The number of morpholine rings is 1. The first kappa shape index (κ1) is 15.2. The molecule has 0 unspecified atom stereocenters. The van der Waals surface area contributed by atoms with E-state index < -0.39 is 0 Å². The molecule has 0 radical (unpaired) electrons. The van der Waals surface area contributed by atoms with Gasteiger partial charge in [0.25, 0.3) is 6.01 Å². The molecule has 1 fully saturated rings. The number of nitrogens with zero attached hydrogens (tertiary/aromatic N) is 2. The van der Waals surface area contributed by atoms with E-state index in [0.29, 0.717) is 12.6 Å². The highest BCUT2D eigenvalue weighted by atomic mass is 16.5. The number of hydrogen-bond donors (Lipinski definition) is 1. The van der Waals surface area contributed by atoms with Crippen molar-refractivity contribution < 1.29 is 9.15 Å². The highest BCUT2D eigenvalue weighted by Gasteiger charge is 2.13. The summed E-state index contributed by atoms with van der Waals surface area (Å²) in [6.45, 7) is 5.29. The van der Waals surface area contributed by atoms with Crippen LogP contribution in [0.25, 0.3) is 11.1 Å². The molecule has 0 saturated carbocycles. The van der Waals surface area contributed by atoms with Crippen LogP contribution >= 0.6 is 0 Å². The Bertz CT molecular complexity index is 776. The number of benzene rings is 2. The summed E-state index contributed by atoms with van der Waals surface area (Å²) in [4.78, 5) is 6.90. The lowest BCUT2D eigenvalue weighted by Gasteiger charge is -2.27. The van der Waals surface area contributed by atoms with Crippen LogP contribution in [0, 0.1) is 0 Å². The fourth-order valence-corrected chi connectivity index (χ4v) is 3.00. The molecule has 24 heavy (non-hydrogen) atoms. The number of rotatable bonds is 5. The monoisotopic (exact) mass is 323 g/mol. The van der Waals surface area contributed by atoms with E-state index in [0.717, 1.165) is 43.9 Å². The van der Waals surface area contributed by atoms with E-state index in [1.54, 1.807) is 0 Å². The van der Waals surface area contributed by atoms with Crippen LogP contribution in [0.1, 0.15) is 11.1 Å². The lowest BCUT2D eigenvalue weighted by atomic mass is 10.1. The molecule has 1 aromatic heterocycles. The number of oxazole rings is 1. The van der Waals surface area contributed by atoms with Gasteiger partial charge in [-0.15, -0.1) is 0 Å². The van der Waals surface area contributed by atoms with Gasteiger partial charge >= 0.3 is 0 Å². The minimum Gasteiger partial charge on any atom is -0.424 e. The zero-order valence-electron chi connectivity index (χ0n) is 13.6. The molecule has 4 rings (SSSR count). The van der Waals surface area contributed by atoms with Crippen LogP contribution in [0.3, 0.4) is 0 Å². The first-order valence-electron chi connectivity index (χ1n) is 8.35. The predicted octanol–water partition coefficient (Wildman–Crippen LogP) is 3.27. The third kappa shape index (κ3) is 3.42. The summed E-state index contributed by atoms with van der Waals surface area (Å²) in [6, 6.07) is 16.9. The standard InChI is InChI=1S/C19H21N3O2/c1-2-6-16(14-22-9-11-23-12-10-22)15(5-1)13-20-19-21-17-7-3-4-8-18(17)24-19/h1-8H,9-14H2,(H,20,21). The minimum absolute atomic E-state index is 0.567. The molecule has 5 nitrogen and oxygen atoms in total. The van der Waals surface area contributed by atoms with Gasteiger partial charge in [0.2, 0.25) is 0 Å². The summed E-state index contributed by atoms with van der Waals surface area (Å²) in [5.74, 6) is 0. The second-order valence-corrected chi connectivity index (χ2v) is 6.00. The number of nitrogens with one attached hydrogen (secondary N) is 1. The third-order valence-corrected chi connectivity index (χ3v) is 4.34. The number of aromatic nitrogens is 1. The highest BCUT2D eigenvalue weighted by molar-refractivity contribution is 5.74. The van der Waals surface area contributed by atoms with Crippen molar-refractivity contribution >= 4 is 17.1 Å². The normalized spacial score (nSPS) is 15.7. The molecule has 0 aliphatic carbocycles. The summed E-state index contributed by atoms with van der Waals surface area (Å²) in [5.41, 5.74) is 4.29. The van der Waals surface area contributed by atoms with Gasteiger partial charge in [-0.2, -0.15) is 4.98 Å². The largest absolute Gasteiger partial charge is 0.424 e. The number of anilines is 1. The Balaban J connectivity index is 1.45. The van der Waals surface area contributed by atoms with Crippen molar-refractivity contribution in [1.82, 2.24) is 9.88 Å². The summed E-state index contributed by atoms with van der Waals surface area (Å²) in [7, 11) is 0. The molecule has 2 aromatic carbocycles. The molecule has 3 aromatic rings. The maximum atomic E-state index is 5.73. The molecule has 1 aliphatic heterocycles. The summed E-state index contributed by atoms with van der Waals surface area (Å²) in [6.07, 6.45) is 0. The van der Waals surface area contributed by atoms with Gasteiger partial charge in [0.15, 0.2) is 5.58 Å². The Morgan fingerprint density at radius 1 is 0.958 bits per heavy atom. The molecule has 0 atom stereocenters. The molecule has 0 bridgehead atoms. The average molecular weight is 323 g/mol. The van der Waals surface area contributed by atoms with Gasteiger partial charge in [-0.3, -0.25) is 4.90 Å². The lowest BCUT2D eigenvalue weighted by Crippen LogP contribution is -2.35. The maximum Gasteiger partial charge on any atom is 0.295 e. The van der Waals surface area contributed by atoms with Crippen LogP contribution in [0.2, 0.25) is 0 Å². The van der Waals surface area contributed by atoms with Crippen LogP contribution in [-0.4, -0.2) is 36.2 Å². The Kier molecular flexibility index (Phi) is 4.44. The van der Waals surface area contributed by atoms with Crippen molar-refractivity contribution in [3.63, 3.8) is 0 Å². The van der Waals surface area contributed by atoms with Gasteiger partial charge in [-0.1, -0.05) is 36.4 Å². The van der Waals surface area contributed by atoms with Crippen LogP contribution in [0.5, 0.6) is 0 Å². The molecule has 5 heteroatoms. The number of ether oxygens (including phenoxy) is 1. The van der Waals surface area contributed by atoms with Crippen LogP contribution in [0.15, 0.2) is 52.9 Å². The van der Waals surface area contributed by atoms with Crippen molar-refractivity contribution in [2.45, 2.75) is 13.1 Å². The fraction of sp³-hybridized carbons (Fsp3) is 0.316. The molecular formula is C19H21N3O2. The Morgan fingerprint density at radius 2 is 1.71 bits per heavy atom. The van der Waals surface area contributed by atoms with Gasteiger partial charge < -0.3 is 14.5 Å². The summed E-state index contributed by atoms with van der Waals surface area (Å²) < 4.78 is 11.2. The average Bonchev–Trinajstić information content (AvgIpc) is 3.05. The molecule has 2 heterocycles. The molecule has 1 N–H and O–H groups in total. The molecule has 1 saturated heterocycles. The second kappa shape index (κ2) is 7.03. The van der Waals surface area contributed by atoms with E-state index >= 15 is 0 Å². The van der Waals surface area contributed by atoms with Gasteiger partial charge in [0.05, 0.1) is 13.2 Å². The molecule has 1 aliphatic rings. The van der Waals surface area contributed by atoms with Crippen LogP contribution in [-0.2, 0) is 17.8 Å². The Morgan fingerprint density at radius 3 is 2.54 bits per heavy atom. The van der Waals surface area contributed by atoms with Crippen molar-refractivity contribution in [1.29, 1.82) is 0 Å². The zero-order chi connectivity index (χ0) is 16.2. The van der Waals surface area contributed by atoms with Crippen molar-refractivity contribution in [3.8, 4) is 0 Å². The number of fused-ring (bicyclic) bond motifs is 1. The maximum absolute atomic E-state index is 5.73. The van der Waals surface area contributed by atoms with Gasteiger partial charge in [0, 0.05) is 26.2 Å². The Labute approximate surface area is 141 Å². The van der Waals surface area contributed by atoms with Crippen molar-refractivity contribution in [3.05, 3.63) is 59.7 Å². The molecule has 0 amide bonds. The van der Waals surface area contributed by atoms with Gasteiger partial charge in [0.1, 0.15) is 5.52 Å². The SMILES string of the molecule is c1ccc(CN2CCOCC2)c(CNc2nc3ccccc3o2)c1. The predicted molar refractivity (Wildman–Crippen MR) is 93.9 cm³/mol. The third-order valence-electron chi connectivity index (χ3n) is 4.34. The van der Waals surface area contributed by atoms with Crippen LogP contribution in [0.4, 0.5) is 6.01 Å². The van der Waals surface area contributed by atoms with Gasteiger partial charge in [-0.05, 0) is 23.3 Å². The van der Waals surface area contributed by atoms with E-state index in [1.807, 2.05) is 24.3 Å². The van der Waals surface area contributed by atoms with Crippen molar-refractivity contribution in [2.75, 3.05) is 31.6 Å². The zero-order valence-corrected chi connectivity index (χ0v) is 13.6. The topological polar surface area (TPSA) is 50.5 Å². The Hall–Kier alpha value is -2.37. The smallest absolute Gasteiger partial charge is 0.295 e. The first-order valence-corrected chi connectivity index (χ1v) is 8.35. The van der Waals surface area contributed by atoms with E-state index in [4.69, 9.17) is 9.15 Å². The number of hydrogen-bond acceptors (Lipinski definition) is 5. The lowest BCUT2D eigenvalue weighted by molar-refractivity contribution is 0.0341. The van der Waals surface area contributed by atoms with E-state index in [-0.39, 0.29) is 0 Å². The van der Waals surface area contributed by atoms with E-state index in [1.165, 1.54) is 11.1 Å². The van der Waals surface area contributed by atoms with Crippen LogP contribution < -0.4 is 5.32 Å². The van der Waals surface area contributed by atoms with Gasteiger partial charge in [-0.25, -0.2) is 0 Å². The molecule has 0 spiro atoms. The molecule has 124 valence electrons. The minimum atomic E-state index is 0.567. The first-order chi connectivity index (χ1) is 11.9.